The number of ether oxygens (including phenoxy) is 1. The van der Waals surface area contributed by atoms with Crippen molar-refractivity contribution in [2.75, 3.05) is 17.7 Å². The van der Waals surface area contributed by atoms with Crippen molar-refractivity contribution < 1.29 is 14.3 Å². The molecular weight excluding hydrogens is 394 g/mol. The maximum atomic E-state index is 12.5. The number of halogens is 1. The van der Waals surface area contributed by atoms with Crippen LogP contribution >= 0.6 is 11.6 Å². The van der Waals surface area contributed by atoms with E-state index in [1.165, 1.54) is 4.68 Å². The Balaban J connectivity index is 1.52. The number of fused-ring (bicyclic) bond motifs is 1. The number of nitrogens with one attached hydrogen (secondary N) is 2. The summed E-state index contributed by atoms with van der Waals surface area (Å²) in [4.78, 5) is 29.2. The van der Waals surface area contributed by atoms with E-state index in [9.17, 15) is 9.59 Å². The van der Waals surface area contributed by atoms with Crippen molar-refractivity contribution in [1.29, 1.82) is 0 Å². The molecule has 0 saturated heterocycles. The Morgan fingerprint density at radius 3 is 2.76 bits per heavy atom. The van der Waals surface area contributed by atoms with E-state index < -0.39 is 6.04 Å². The molecule has 0 spiro atoms. The standard InChI is InChI=1S/C20H18ClN5O3/c1-11-14(21)4-3-5-15(11)22-17(27)10-16-19(28)24-20-23-18(25-26(16)20)12-6-8-13(29-2)9-7-12/h3-9,16H,10H2,1-2H3,(H,22,27)(H,23,24,25,28)/t16-/m0/s1. The molecule has 1 aliphatic rings. The fourth-order valence-electron chi connectivity index (χ4n) is 3.09. The van der Waals surface area contributed by atoms with Crippen LogP contribution in [0.4, 0.5) is 11.6 Å². The lowest BCUT2D eigenvalue weighted by Crippen LogP contribution is -2.24. The third-order valence-corrected chi connectivity index (χ3v) is 5.14. The molecule has 2 N–H and O–H groups in total. The fourth-order valence-corrected chi connectivity index (χ4v) is 3.27. The van der Waals surface area contributed by atoms with Gasteiger partial charge in [0.05, 0.1) is 13.5 Å². The van der Waals surface area contributed by atoms with Gasteiger partial charge in [0.2, 0.25) is 11.9 Å². The molecule has 0 radical (unpaired) electrons. The number of hydrogen-bond acceptors (Lipinski definition) is 5. The molecule has 4 rings (SSSR count). The SMILES string of the molecule is COc1ccc(-c2nc3n(n2)[C@@H](CC(=O)Nc2cccc(Cl)c2C)C(=O)N3)cc1. The van der Waals surface area contributed by atoms with Crippen molar-refractivity contribution in [3.8, 4) is 17.1 Å². The molecule has 0 bridgehead atoms. The van der Waals surface area contributed by atoms with E-state index in [1.807, 2.05) is 19.1 Å². The van der Waals surface area contributed by atoms with Crippen molar-refractivity contribution in [2.45, 2.75) is 19.4 Å². The van der Waals surface area contributed by atoms with Crippen molar-refractivity contribution in [2.24, 2.45) is 0 Å². The zero-order valence-electron chi connectivity index (χ0n) is 15.8. The van der Waals surface area contributed by atoms with E-state index >= 15 is 0 Å². The lowest BCUT2D eigenvalue weighted by atomic mass is 10.1. The Labute approximate surface area is 171 Å². The van der Waals surface area contributed by atoms with Crippen LogP contribution in [0.15, 0.2) is 42.5 Å². The lowest BCUT2D eigenvalue weighted by molar-refractivity contribution is -0.123. The normalized spacial score (nSPS) is 15.0. The van der Waals surface area contributed by atoms with Crippen LogP contribution in [-0.4, -0.2) is 33.7 Å². The molecule has 8 nitrogen and oxygen atoms in total. The second-order valence-corrected chi connectivity index (χ2v) is 7.01. The topological polar surface area (TPSA) is 98.1 Å². The number of anilines is 2. The molecule has 1 aliphatic heterocycles. The Kier molecular flexibility index (Phi) is 4.94. The van der Waals surface area contributed by atoms with Crippen LogP contribution in [0.3, 0.4) is 0 Å². The zero-order valence-corrected chi connectivity index (χ0v) is 16.5. The van der Waals surface area contributed by atoms with Gasteiger partial charge in [-0.25, -0.2) is 4.68 Å². The average molecular weight is 412 g/mol. The zero-order chi connectivity index (χ0) is 20.5. The van der Waals surface area contributed by atoms with Gasteiger partial charge in [0.25, 0.3) is 5.91 Å². The maximum Gasteiger partial charge on any atom is 0.252 e. The lowest BCUT2D eigenvalue weighted by Gasteiger charge is -2.12. The molecule has 2 heterocycles. The van der Waals surface area contributed by atoms with Crippen molar-refractivity contribution in [1.82, 2.24) is 14.8 Å². The van der Waals surface area contributed by atoms with Crippen LogP contribution in [0.5, 0.6) is 5.75 Å². The van der Waals surface area contributed by atoms with Gasteiger partial charge in [-0.3, -0.25) is 14.9 Å². The highest BCUT2D eigenvalue weighted by molar-refractivity contribution is 6.31. The third-order valence-electron chi connectivity index (χ3n) is 4.73. The number of amides is 2. The average Bonchev–Trinajstić information content (AvgIpc) is 3.24. The highest BCUT2D eigenvalue weighted by Crippen LogP contribution is 2.30. The number of aromatic nitrogens is 3. The first-order chi connectivity index (χ1) is 14.0. The summed E-state index contributed by atoms with van der Waals surface area (Å²) in [6.45, 7) is 1.82. The molecular formula is C20H18ClN5O3. The van der Waals surface area contributed by atoms with E-state index in [0.717, 1.165) is 16.9 Å². The summed E-state index contributed by atoms with van der Waals surface area (Å²) in [7, 11) is 1.59. The first kappa shape index (κ1) is 18.9. The number of methoxy groups -OCH3 is 1. The minimum Gasteiger partial charge on any atom is -0.497 e. The molecule has 0 fully saturated rings. The van der Waals surface area contributed by atoms with Gasteiger partial charge in [-0.2, -0.15) is 4.98 Å². The number of rotatable bonds is 5. The van der Waals surface area contributed by atoms with Crippen LogP contribution < -0.4 is 15.4 Å². The summed E-state index contributed by atoms with van der Waals surface area (Å²) < 4.78 is 6.60. The van der Waals surface area contributed by atoms with Gasteiger partial charge in [-0.05, 0) is 48.9 Å². The number of benzene rings is 2. The van der Waals surface area contributed by atoms with Crippen molar-refractivity contribution >= 4 is 35.1 Å². The van der Waals surface area contributed by atoms with Gasteiger partial charge >= 0.3 is 0 Å². The molecule has 1 aromatic heterocycles. The Morgan fingerprint density at radius 1 is 1.28 bits per heavy atom. The first-order valence-corrected chi connectivity index (χ1v) is 9.31. The maximum absolute atomic E-state index is 12.5. The van der Waals surface area contributed by atoms with Crippen LogP contribution in [0, 0.1) is 6.92 Å². The number of carbonyl (C=O) groups excluding carboxylic acids is 2. The van der Waals surface area contributed by atoms with E-state index in [2.05, 4.69) is 20.7 Å². The van der Waals surface area contributed by atoms with Crippen LogP contribution in [-0.2, 0) is 9.59 Å². The van der Waals surface area contributed by atoms with Gasteiger partial charge in [0.1, 0.15) is 11.8 Å². The van der Waals surface area contributed by atoms with Crippen LogP contribution in [0.1, 0.15) is 18.0 Å². The predicted octanol–water partition coefficient (Wildman–Crippen LogP) is 3.44. The minimum absolute atomic E-state index is 0.0732. The fraction of sp³-hybridized carbons (Fsp3) is 0.200. The van der Waals surface area contributed by atoms with E-state index in [-0.39, 0.29) is 18.2 Å². The third kappa shape index (κ3) is 3.66. The molecule has 0 aliphatic carbocycles. The van der Waals surface area contributed by atoms with E-state index in [4.69, 9.17) is 16.3 Å². The highest BCUT2D eigenvalue weighted by atomic mass is 35.5. The van der Waals surface area contributed by atoms with Crippen molar-refractivity contribution in [3.63, 3.8) is 0 Å². The van der Waals surface area contributed by atoms with Gasteiger partial charge in [0.15, 0.2) is 5.82 Å². The number of nitrogens with zero attached hydrogens (tertiary/aromatic N) is 3. The molecule has 0 unspecified atom stereocenters. The largest absolute Gasteiger partial charge is 0.497 e. The van der Waals surface area contributed by atoms with E-state index in [0.29, 0.717) is 22.5 Å². The predicted molar refractivity (Wildman–Crippen MR) is 109 cm³/mol. The number of hydrogen-bond donors (Lipinski definition) is 2. The molecule has 148 valence electrons. The molecule has 2 aromatic carbocycles. The Bertz CT molecular complexity index is 1090. The summed E-state index contributed by atoms with van der Waals surface area (Å²) in [6.07, 6.45) is -0.0732. The van der Waals surface area contributed by atoms with Crippen molar-refractivity contribution in [3.05, 3.63) is 53.1 Å². The summed E-state index contributed by atoms with van der Waals surface area (Å²) in [5, 5.41) is 10.5. The van der Waals surface area contributed by atoms with Gasteiger partial charge in [-0.15, -0.1) is 5.10 Å². The molecule has 2 amide bonds. The van der Waals surface area contributed by atoms with Crippen LogP contribution in [0.2, 0.25) is 5.02 Å². The molecule has 0 saturated carbocycles. The number of carbonyl (C=O) groups is 2. The smallest absolute Gasteiger partial charge is 0.252 e. The van der Waals surface area contributed by atoms with Gasteiger partial charge in [0, 0.05) is 16.3 Å². The molecule has 3 aromatic rings. The second-order valence-electron chi connectivity index (χ2n) is 6.60. The Hall–Kier alpha value is -3.39. The molecule has 9 heteroatoms. The molecule has 29 heavy (non-hydrogen) atoms. The summed E-state index contributed by atoms with van der Waals surface area (Å²) in [5.74, 6) is 0.861. The monoisotopic (exact) mass is 411 g/mol. The summed E-state index contributed by atoms with van der Waals surface area (Å²) in [6, 6.07) is 11.8. The van der Waals surface area contributed by atoms with Crippen LogP contribution in [0.25, 0.3) is 11.4 Å². The first-order valence-electron chi connectivity index (χ1n) is 8.93. The minimum atomic E-state index is -0.774. The quantitative estimate of drug-likeness (QED) is 0.670. The second kappa shape index (κ2) is 7.56. The van der Waals surface area contributed by atoms with Gasteiger partial charge in [-0.1, -0.05) is 17.7 Å². The summed E-state index contributed by atoms with van der Waals surface area (Å²) in [5.41, 5.74) is 2.15. The van der Waals surface area contributed by atoms with Gasteiger partial charge < -0.3 is 10.1 Å². The summed E-state index contributed by atoms with van der Waals surface area (Å²) >= 11 is 6.09. The highest BCUT2D eigenvalue weighted by Gasteiger charge is 2.35. The Morgan fingerprint density at radius 2 is 2.03 bits per heavy atom. The molecule has 1 atom stereocenters. The van der Waals surface area contributed by atoms with E-state index in [1.54, 1.807) is 37.4 Å².